The minimum atomic E-state index is -0.913. The molecule has 0 spiro atoms. The number of benzene rings is 4. The number of Topliss-reactive ketones (excluding diaryl/α,β-unsaturated/α-hetero) is 1. The molecule has 8 rings (SSSR count). The molecule has 0 unspecified atom stereocenters. The summed E-state index contributed by atoms with van der Waals surface area (Å²) in [6.07, 6.45) is 2.28. The number of cyclic esters (lactones) is 4. The fraction of sp³-hybridized carbons (Fsp3) is 0.200. The van der Waals surface area contributed by atoms with E-state index in [0.29, 0.717) is 19.3 Å². The number of nitrogens with zero attached hydrogens (tertiary/aromatic N) is 1. The molecular formula is C35H22N2O10. The molecule has 232 valence electrons. The molecule has 0 aromatic heterocycles. The maximum atomic E-state index is 14.1. The fourth-order valence-corrected chi connectivity index (χ4v) is 7.62. The minimum absolute atomic E-state index is 0.0167. The van der Waals surface area contributed by atoms with Crippen LogP contribution in [0.4, 0.5) is 0 Å². The Hall–Kier alpha value is -6.04. The molecule has 1 fully saturated rings. The zero-order valence-corrected chi connectivity index (χ0v) is 24.4. The van der Waals surface area contributed by atoms with Crippen LogP contribution in [0.3, 0.4) is 0 Å². The zero-order valence-electron chi connectivity index (χ0n) is 24.4. The third kappa shape index (κ3) is 3.94. The molecule has 47 heavy (non-hydrogen) atoms. The first-order valence-electron chi connectivity index (χ1n) is 15.0. The predicted octanol–water partition coefficient (Wildman–Crippen LogP) is 4.14. The van der Waals surface area contributed by atoms with Crippen LogP contribution in [-0.2, 0) is 9.47 Å². The lowest BCUT2D eigenvalue weighted by atomic mass is 9.77. The zero-order chi connectivity index (χ0) is 32.9. The molecule has 4 aromatic rings. The van der Waals surface area contributed by atoms with Gasteiger partial charge in [-0.25, -0.2) is 19.2 Å². The molecular weight excluding hydrogens is 608 g/mol. The number of imide groups is 1. The van der Waals surface area contributed by atoms with Crippen LogP contribution >= 0.6 is 0 Å². The van der Waals surface area contributed by atoms with Gasteiger partial charge in [0.05, 0.1) is 22.3 Å². The number of rotatable bonds is 5. The second kappa shape index (κ2) is 9.98. The molecule has 4 aliphatic rings. The summed E-state index contributed by atoms with van der Waals surface area (Å²) in [6, 6.07) is 10.4. The van der Waals surface area contributed by atoms with Crippen LogP contribution in [0, 0.1) is 5.92 Å². The maximum Gasteiger partial charge on any atom is 0.346 e. The monoisotopic (exact) mass is 630 g/mol. The van der Waals surface area contributed by atoms with E-state index < -0.39 is 59.3 Å². The third-order valence-electron chi connectivity index (χ3n) is 9.68. The highest BCUT2D eigenvalue weighted by Gasteiger charge is 2.44. The minimum Gasteiger partial charge on any atom is -0.386 e. The molecule has 1 saturated carbocycles. The van der Waals surface area contributed by atoms with Gasteiger partial charge in [0.2, 0.25) is 5.91 Å². The Kier molecular flexibility index (Phi) is 6.04. The Morgan fingerprint density at radius 1 is 0.596 bits per heavy atom. The van der Waals surface area contributed by atoms with Gasteiger partial charge in [0.25, 0.3) is 11.8 Å². The highest BCUT2D eigenvalue weighted by atomic mass is 16.6. The normalized spacial score (nSPS) is 20.0. The van der Waals surface area contributed by atoms with E-state index in [-0.39, 0.29) is 72.5 Å². The third-order valence-corrected chi connectivity index (χ3v) is 9.68. The van der Waals surface area contributed by atoms with E-state index in [1.165, 1.54) is 53.4 Å². The van der Waals surface area contributed by atoms with Crippen molar-refractivity contribution in [2.45, 2.75) is 38.1 Å². The summed E-state index contributed by atoms with van der Waals surface area (Å²) in [6.45, 7) is 0. The molecule has 0 saturated heterocycles. The molecule has 12 nitrogen and oxygen atoms in total. The summed E-state index contributed by atoms with van der Waals surface area (Å²) in [5.41, 5.74) is 6.20. The average Bonchev–Trinajstić information content (AvgIpc) is 3.05. The highest BCUT2D eigenvalue weighted by Crippen LogP contribution is 2.42. The van der Waals surface area contributed by atoms with Crippen molar-refractivity contribution in [3.63, 3.8) is 0 Å². The van der Waals surface area contributed by atoms with Gasteiger partial charge in [0.1, 0.15) is 0 Å². The Morgan fingerprint density at radius 2 is 1.02 bits per heavy atom. The summed E-state index contributed by atoms with van der Waals surface area (Å²) in [7, 11) is 0. The number of carbonyl (C=O) groups is 8. The number of hydrogen-bond donors (Lipinski definition) is 1. The Morgan fingerprint density at radius 3 is 1.55 bits per heavy atom. The number of amides is 3. The lowest BCUT2D eigenvalue weighted by Crippen LogP contribution is -2.51. The van der Waals surface area contributed by atoms with Crippen molar-refractivity contribution < 1.29 is 47.8 Å². The van der Waals surface area contributed by atoms with E-state index in [1.807, 2.05) is 0 Å². The van der Waals surface area contributed by atoms with Gasteiger partial charge in [-0.2, -0.15) is 0 Å². The second-order valence-corrected chi connectivity index (χ2v) is 12.1. The average molecular weight is 631 g/mol. The Labute approximate surface area is 264 Å². The summed E-state index contributed by atoms with van der Waals surface area (Å²) in [5, 5.41) is 0.597. The highest BCUT2D eigenvalue weighted by molar-refractivity contribution is 6.32. The summed E-state index contributed by atoms with van der Waals surface area (Å²) in [4.78, 5) is 106. The molecule has 4 aromatic carbocycles. The van der Waals surface area contributed by atoms with Crippen LogP contribution in [0.25, 0.3) is 21.5 Å². The van der Waals surface area contributed by atoms with Crippen LogP contribution in [0.15, 0.2) is 48.5 Å². The fourth-order valence-electron chi connectivity index (χ4n) is 7.62. The number of nitrogens with two attached hydrogens (primary N) is 1. The standard InChI is InChI=1S/C35H22N2O10/c36-29(39)16-6-10-20-27-19(32(42)46-33(20)43)9-5-15(25(16)27)24(38)13-14-3-1-2-4-23(14)37-30(40)17-7-11-21-28-22(35(45)47-34(21)44)12-8-18(26(17)28)31(37)41/h5-12,14,23H,1-4,13H2,(H2,36,39)/t14-,23+/m1/s1. The van der Waals surface area contributed by atoms with Crippen LogP contribution < -0.4 is 5.73 Å². The lowest BCUT2D eigenvalue weighted by molar-refractivity contribution is 0.0372. The first kappa shape index (κ1) is 28.4. The van der Waals surface area contributed by atoms with Crippen LogP contribution in [0.1, 0.15) is 115 Å². The van der Waals surface area contributed by atoms with Crippen LogP contribution in [0.2, 0.25) is 0 Å². The Bertz CT molecular complexity index is 2180. The van der Waals surface area contributed by atoms with Crippen molar-refractivity contribution in [3.05, 3.63) is 93.0 Å². The van der Waals surface area contributed by atoms with Gasteiger partial charge in [-0.1, -0.05) is 12.8 Å². The first-order valence-corrected chi connectivity index (χ1v) is 15.0. The SMILES string of the molecule is NC(=O)c1ccc2c3c(ccc(C(=O)C[C@H]4CCCC[C@@H]4N4C(=O)c5ccc6c7c(ccc(c57)C4=O)C(=O)OC6=O)c13)C(=O)OC2=O. The van der Waals surface area contributed by atoms with E-state index in [4.69, 9.17) is 15.2 Å². The second-order valence-electron chi connectivity index (χ2n) is 12.1. The lowest BCUT2D eigenvalue weighted by Gasteiger charge is -2.41. The topological polar surface area (TPSA) is 184 Å². The van der Waals surface area contributed by atoms with Crippen molar-refractivity contribution in [2.24, 2.45) is 11.7 Å². The molecule has 0 radical (unpaired) electrons. The number of primary amides is 1. The molecule has 2 N–H and O–H groups in total. The van der Waals surface area contributed by atoms with Crippen molar-refractivity contribution in [2.75, 3.05) is 0 Å². The maximum absolute atomic E-state index is 14.1. The molecule has 3 aliphatic heterocycles. The molecule has 1 aliphatic carbocycles. The smallest absolute Gasteiger partial charge is 0.346 e. The molecule has 2 atom stereocenters. The molecule has 3 heterocycles. The van der Waals surface area contributed by atoms with E-state index in [2.05, 4.69) is 0 Å². The van der Waals surface area contributed by atoms with Gasteiger partial charge in [-0.05, 0) is 67.3 Å². The number of hydrogen-bond acceptors (Lipinski definition) is 10. The van der Waals surface area contributed by atoms with E-state index in [9.17, 15) is 38.4 Å². The number of ether oxygens (including phenoxy) is 2. The van der Waals surface area contributed by atoms with E-state index >= 15 is 0 Å². The van der Waals surface area contributed by atoms with Gasteiger partial charge in [-0.15, -0.1) is 0 Å². The summed E-state index contributed by atoms with van der Waals surface area (Å²) in [5.74, 6) is -6.50. The van der Waals surface area contributed by atoms with E-state index in [1.54, 1.807) is 0 Å². The quantitative estimate of drug-likeness (QED) is 0.145. The molecule has 12 heteroatoms. The number of esters is 4. The number of carbonyl (C=O) groups excluding carboxylic acids is 8. The largest absolute Gasteiger partial charge is 0.386 e. The predicted molar refractivity (Wildman–Crippen MR) is 161 cm³/mol. The Balaban J connectivity index is 1.19. The summed E-state index contributed by atoms with van der Waals surface area (Å²) >= 11 is 0. The van der Waals surface area contributed by atoms with Crippen molar-refractivity contribution in [3.8, 4) is 0 Å². The van der Waals surface area contributed by atoms with Gasteiger partial charge in [-0.3, -0.25) is 24.1 Å². The van der Waals surface area contributed by atoms with Crippen molar-refractivity contribution in [1.82, 2.24) is 4.90 Å². The molecule has 0 bridgehead atoms. The van der Waals surface area contributed by atoms with Gasteiger partial charge in [0, 0.05) is 56.3 Å². The number of ketones is 1. The van der Waals surface area contributed by atoms with Crippen LogP contribution in [-0.4, -0.2) is 58.3 Å². The first-order chi connectivity index (χ1) is 22.6. The van der Waals surface area contributed by atoms with Gasteiger partial charge >= 0.3 is 23.9 Å². The summed E-state index contributed by atoms with van der Waals surface area (Å²) < 4.78 is 9.63. The van der Waals surface area contributed by atoms with Crippen molar-refractivity contribution in [1.29, 1.82) is 0 Å². The van der Waals surface area contributed by atoms with Crippen molar-refractivity contribution >= 4 is 68.9 Å². The van der Waals surface area contributed by atoms with Gasteiger partial charge < -0.3 is 15.2 Å². The van der Waals surface area contributed by atoms with Crippen LogP contribution in [0.5, 0.6) is 0 Å². The molecule has 3 amide bonds. The van der Waals surface area contributed by atoms with Gasteiger partial charge in [0.15, 0.2) is 5.78 Å². The van der Waals surface area contributed by atoms with E-state index in [0.717, 1.165) is 6.42 Å².